The largest absolute Gasteiger partial charge is 0.497 e. The molecule has 128 valence electrons. The second kappa shape index (κ2) is 6.92. The molecule has 1 heterocycles. The van der Waals surface area contributed by atoms with Crippen LogP contribution in [0.3, 0.4) is 0 Å². The molecule has 1 saturated heterocycles. The van der Waals surface area contributed by atoms with E-state index in [1.165, 1.54) is 22.5 Å². The van der Waals surface area contributed by atoms with E-state index in [1.54, 1.807) is 7.11 Å². The van der Waals surface area contributed by atoms with E-state index in [4.69, 9.17) is 27.9 Å². The minimum absolute atomic E-state index is 0.159. The van der Waals surface area contributed by atoms with Crippen molar-refractivity contribution >= 4 is 33.2 Å². The van der Waals surface area contributed by atoms with Gasteiger partial charge in [0.2, 0.25) is 10.0 Å². The molecule has 1 aliphatic rings. The highest BCUT2D eigenvalue weighted by molar-refractivity contribution is 7.89. The van der Waals surface area contributed by atoms with Gasteiger partial charge in [-0.25, -0.2) is 8.42 Å². The molecule has 1 fully saturated rings. The fourth-order valence-electron chi connectivity index (χ4n) is 2.98. The van der Waals surface area contributed by atoms with Crippen molar-refractivity contribution in [3.05, 3.63) is 58.1 Å². The Morgan fingerprint density at radius 2 is 1.92 bits per heavy atom. The van der Waals surface area contributed by atoms with Gasteiger partial charge in [0.15, 0.2) is 0 Å². The summed E-state index contributed by atoms with van der Waals surface area (Å²) < 4.78 is 32.8. The number of hydrogen-bond acceptors (Lipinski definition) is 3. The van der Waals surface area contributed by atoms with Gasteiger partial charge in [-0.1, -0.05) is 35.3 Å². The quantitative estimate of drug-likeness (QED) is 0.776. The summed E-state index contributed by atoms with van der Waals surface area (Å²) in [5.41, 5.74) is 0.926. The number of rotatable bonds is 4. The molecule has 1 unspecified atom stereocenters. The predicted molar refractivity (Wildman–Crippen MR) is 95.3 cm³/mol. The Kier molecular flexibility index (Phi) is 5.06. The van der Waals surface area contributed by atoms with Crippen LogP contribution < -0.4 is 4.74 Å². The lowest BCUT2D eigenvalue weighted by molar-refractivity contribution is 0.390. The summed E-state index contributed by atoms with van der Waals surface area (Å²) in [6.07, 6.45) is 1.58. The highest BCUT2D eigenvalue weighted by atomic mass is 35.5. The molecule has 3 rings (SSSR count). The standard InChI is InChI=1S/C17H17Cl2NO3S/c1-23-13-5-2-4-12(10-13)17-6-3-9-20(17)24(21,22)14-7-8-15(18)16(19)11-14/h2,4-5,7-8,10-11,17H,3,6,9H2,1H3. The smallest absolute Gasteiger partial charge is 0.243 e. The minimum Gasteiger partial charge on any atom is -0.497 e. The molecule has 0 saturated carbocycles. The predicted octanol–water partition coefficient (Wildman–Crippen LogP) is 4.53. The summed E-state index contributed by atoms with van der Waals surface area (Å²) in [6.45, 7) is 0.477. The molecular formula is C17H17Cl2NO3S. The summed E-state index contributed by atoms with van der Waals surface area (Å²) in [6, 6.07) is 11.7. The Labute approximate surface area is 152 Å². The molecule has 24 heavy (non-hydrogen) atoms. The highest BCUT2D eigenvalue weighted by Gasteiger charge is 2.36. The first-order chi connectivity index (χ1) is 11.4. The number of nitrogens with zero attached hydrogens (tertiary/aromatic N) is 1. The van der Waals surface area contributed by atoms with Gasteiger partial charge in [-0.05, 0) is 48.7 Å². The number of benzene rings is 2. The van der Waals surface area contributed by atoms with Gasteiger partial charge >= 0.3 is 0 Å². The van der Waals surface area contributed by atoms with E-state index in [2.05, 4.69) is 0 Å². The molecule has 0 aliphatic carbocycles. The second-order valence-corrected chi connectivity index (χ2v) is 8.33. The Balaban J connectivity index is 1.98. The first-order valence-corrected chi connectivity index (χ1v) is 9.74. The van der Waals surface area contributed by atoms with Gasteiger partial charge in [0.1, 0.15) is 5.75 Å². The number of halogens is 2. The topological polar surface area (TPSA) is 46.6 Å². The summed E-state index contributed by atoms with van der Waals surface area (Å²) >= 11 is 11.9. The van der Waals surface area contributed by atoms with Gasteiger partial charge in [0.05, 0.1) is 28.1 Å². The maximum atomic E-state index is 13.0. The molecule has 0 aromatic heterocycles. The van der Waals surface area contributed by atoms with Crippen molar-refractivity contribution in [3.63, 3.8) is 0 Å². The van der Waals surface area contributed by atoms with Crippen molar-refractivity contribution < 1.29 is 13.2 Å². The Morgan fingerprint density at radius 3 is 2.62 bits per heavy atom. The molecule has 2 aromatic rings. The zero-order valence-corrected chi connectivity index (χ0v) is 15.4. The Morgan fingerprint density at radius 1 is 1.12 bits per heavy atom. The van der Waals surface area contributed by atoms with Crippen LogP contribution in [0.2, 0.25) is 10.0 Å². The molecule has 1 aliphatic heterocycles. The number of ether oxygens (including phenoxy) is 1. The lowest BCUT2D eigenvalue weighted by atomic mass is 10.1. The molecule has 2 aromatic carbocycles. The molecule has 0 N–H and O–H groups in total. The van der Waals surface area contributed by atoms with E-state index >= 15 is 0 Å². The minimum atomic E-state index is -3.65. The maximum absolute atomic E-state index is 13.0. The summed E-state index contributed by atoms with van der Waals surface area (Å²) in [5.74, 6) is 0.714. The van der Waals surface area contributed by atoms with E-state index in [1.807, 2.05) is 24.3 Å². The third-order valence-electron chi connectivity index (χ3n) is 4.18. The zero-order valence-electron chi connectivity index (χ0n) is 13.1. The van der Waals surface area contributed by atoms with Crippen LogP contribution >= 0.6 is 23.2 Å². The van der Waals surface area contributed by atoms with E-state index < -0.39 is 10.0 Å². The van der Waals surface area contributed by atoms with Crippen LogP contribution in [-0.2, 0) is 10.0 Å². The van der Waals surface area contributed by atoms with Crippen molar-refractivity contribution in [2.24, 2.45) is 0 Å². The maximum Gasteiger partial charge on any atom is 0.243 e. The number of methoxy groups -OCH3 is 1. The third-order valence-corrected chi connectivity index (χ3v) is 6.82. The Hall–Kier alpha value is -1.27. The number of sulfonamides is 1. The zero-order chi connectivity index (χ0) is 17.3. The average molecular weight is 386 g/mol. The average Bonchev–Trinajstić information content (AvgIpc) is 3.08. The lowest BCUT2D eigenvalue weighted by Crippen LogP contribution is -2.30. The molecule has 7 heteroatoms. The van der Waals surface area contributed by atoms with Crippen LogP contribution in [0.15, 0.2) is 47.4 Å². The third kappa shape index (κ3) is 3.26. The number of hydrogen-bond donors (Lipinski definition) is 0. The van der Waals surface area contributed by atoms with Crippen LogP contribution in [0.4, 0.5) is 0 Å². The van der Waals surface area contributed by atoms with Gasteiger partial charge in [-0.2, -0.15) is 4.31 Å². The summed E-state index contributed by atoms with van der Waals surface area (Å²) in [4.78, 5) is 0.159. The van der Waals surface area contributed by atoms with E-state index in [0.717, 1.165) is 18.4 Å². The highest BCUT2D eigenvalue weighted by Crippen LogP contribution is 2.38. The molecule has 0 spiro atoms. The lowest BCUT2D eigenvalue weighted by Gasteiger charge is -2.25. The molecule has 0 amide bonds. The Bertz CT molecular complexity index is 855. The van der Waals surface area contributed by atoms with Crippen LogP contribution in [0, 0.1) is 0 Å². The molecule has 1 atom stereocenters. The van der Waals surface area contributed by atoms with E-state index in [-0.39, 0.29) is 16.0 Å². The van der Waals surface area contributed by atoms with Crippen molar-refractivity contribution in [3.8, 4) is 5.75 Å². The van der Waals surface area contributed by atoms with Crippen molar-refractivity contribution in [1.29, 1.82) is 0 Å². The van der Waals surface area contributed by atoms with E-state index in [9.17, 15) is 8.42 Å². The SMILES string of the molecule is COc1cccc(C2CCCN2S(=O)(=O)c2ccc(Cl)c(Cl)c2)c1. The van der Waals surface area contributed by atoms with Gasteiger partial charge in [0, 0.05) is 6.54 Å². The normalized spacial score (nSPS) is 18.7. The van der Waals surface area contributed by atoms with E-state index in [0.29, 0.717) is 17.3 Å². The van der Waals surface area contributed by atoms with Crippen LogP contribution in [0.25, 0.3) is 0 Å². The monoisotopic (exact) mass is 385 g/mol. The second-order valence-electron chi connectivity index (χ2n) is 5.63. The van der Waals surface area contributed by atoms with Crippen molar-refractivity contribution in [1.82, 2.24) is 4.31 Å². The molecular weight excluding hydrogens is 369 g/mol. The van der Waals surface area contributed by atoms with Crippen LogP contribution in [-0.4, -0.2) is 26.4 Å². The van der Waals surface area contributed by atoms with Crippen molar-refractivity contribution in [2.45, 2.75) is 23.8 Å². The summed E-state index contributed by atoms with van der Waals surface area (Å²) in [7, 11) is -2.05. The van der Waals surface area contributed by atoms with Gasteiger partial charge < -0.3 is 4.74 Å². The fraction of sp³-hybridized carbons (Fsp3) is 0.294. The molecule has 0 bridgehead atoms. The first-order valence-electron chi connectivity index (χ1n) is 7.54. The van der Waals surface area contributed by atoms with Gasteiger partial charge in [-0.15, -0.1) is 0 Å². The van der Waals surface area contributed by atoms with Gasteiger partial charge in [-0.3, -0.25) is 0 Å². The molecule has 0 radical (unpaired) electrons. The fourth-order valence-corrected chi connectivity index (χ4v) is 5.05. The van der Waals surface area contributed by atoms with Crippen LogP contribution in [0.1, 0.15) is 24.4 Å². The molecule has 4 nitrogen and oxygen atoms in total. The summed E-state index contributed by atoms with van der Waals surface area (Å²) in [5, 5.41) is 0.566. The van der Waals surface area contributed by atoms with Crippen LogP contribution in [0.5, 0.6) is 5.75 Å². The van der Waals surface area contributed by atoms with Gasteiger partial charge in [0.25, 0.3) is 0 Å². The van der Waals surface area contributed by atoms with Crippen molar-refractivity contribution in [2.75, 3.05) is 13.7 Å². The first kappa shape index (κ1) is 17.5.